The van der Waals surface area contributed by atoms with Crippen LogP contribution in [0.3, 0.4) is 0 Å². The smallest absolute Gasteiger partial charge is 0.337 e. The lowest BCUT2D eigenvalue weighted by molar-refractivity contribution is 0.0600. The second kappa shape index (κ2) is 7.53. The van der Waals surface area contributed by atoms with E-state index in [-0.39, 0.29) is 11.4 Å². The molecular formula is C18H20ClN3O3. The maximum atomic E-state index is 12.1. The zero-order chi connectivity index (χ0) is 18.6. The second-order valence-electron chi connectivity index (χ2n) is 6.45. The lowest BCUT2D eigenvalue weighted by atomic mass is 10.1. The molecule has 7 heteroatoms. The minimum atomic E-state index is -0.457. The van der Waals surface area contributed by atoms with Crippen LogP contribution in [-0.4, -0.2) is 29.5 Å². The third-order valence-corrected chi connectivity index (χ3v) is 3.49. The molecule has 0 atom stereocenters. The van der Waals surface area contributed by atoms with Crippen LogP contribution >= 0.6 is 11.6 Å². The van der Waals surface area contributed by atoms with E-state index in [1.54, 1.807) is 30.3 Å². The highest BCUT2D eigenvalue weighted by Crippen LogP contribution is 2.26. The first kappa shape index (κ1) is 18.7. The van der Waals surface area contributed by atoms with Crippen molar-refractivity contribution >= 4 is 35.0 Å². The van der Waals surface area contributed by atoms with Gasteiger partial charge < -0.3 is 15.4 Å². The standard InChI is InChI=1S/C18H20ClN3O3/c1-18(2,3)22-16(23)12-6-8-15(20-10-12)21-14-9-11(17(24)25-4)5-7-13(14)19/h5-10H,1-4H3,(H,20,21)(H,22,23). The molecule has 6 nitrogen and oxygen atoms in total. The van der Waals surface area contributed by atoms with Crippen molar-refractivity contribution in [1.82, 2.24) is 10.3 Å². The van der Waals surface area contributed by atoms with Gasteiger partial charge in [-0.1, -0.05) is 11.6 Å². The van der Waals surface area contributed by atoms with Gasteiger partial charge in [0.05, 0.1) is 28.9 Å². The van der Waals surface area contributed by atoms with Gasteiger partial charge in [-0.2, -0.15) is 0 Å². The van der Waals surface area contributed by atoms with Crippen LogP contribution in [0.1, 0.15) is 41.5 Å². The van der Waals surface area contributed by atoms with Gasteiger partial charge in [0.2, 0.25) is 0 Å². The van der Waals surface area contributed by atoms with Crippen LogP contribution in [0.4, 0.5) is 11.5 Å². The minimum Gasteiger partial charge on any atom is -0.465 e. The Balaban J connectivity index is 2.16. The molecule has 0 saturated carbocycles. The van der Waals surface area contributed by atoms with Gasteiger partial charge in [0.25, 0.3) is 5.91 Å². The molecular weight excluding hydrogens is 342 g/mol. The van der Waals surface area contributed by atoms with Gasteiger partial charge in [0, 0.05) is 11.7 Å². The molecule has 132 valence electrons. The summed E-state index contributed by atoms with van der Waals surface area (Å²) < 4.78 is 4.69. The molecule has 0 saturated heterocycles. The summed E-state index contributed by atoms with van der Waals surface area (Å²) in [6.45, 7) is 5.72. The van der Waals surface area contributed by atoms with Crippen molar-refractivity contribution in [2.75, 3.05) is 12.4 Å². The third kappa shape index (κ3) is 5.19. The van der Waals surface area contributed by atoms with E-state index in [1.807, 2.05) is 20.8 Å². The molecule has 25 heavy (non-hydrogen) atoms. The first-order valence-electron chi connectivity index (χ1n) is 7.63. The number of ether oxygens (including phenoxy) is 1. The maximum Gasteiger partial charge on any atom is 0.337 e. The average Bonchev–Trinajstić information content (AvgIpc) is 2.55. The normalized spacial score (nSPS) is 10.9. The van der Waals surface area contributed by atoms with Gasteiger partial charge in [-0.3, -0.25) is 4.79 Å². The number of nitrogens with one attached hydrogen (secondary N) is 2. The maximum absolute atomic E-state index is 12.1. The summed E-state index contributed by atoms with van der Waals surface area (Å²) in [7, 11) is 1.31. The number of hydrogen-bond donors (Lipinski definition) is 2. The molecule has 2 aromatic rings. The van der Waals surface area contributed by atoms with Crippen LogP contribution in [0.25, 0.3) is 0 Å². The van der Waals surface area contributed by atoms with Gasteiger partial charge in [-0.15, -0.1) is 0 Å². The number of nitrogens with zero attached hydrogens (tertiary/aromatic N) is 1. The molecule has 1 aromatic heterocycles. The van der Waals surface area contributed by atoms with Crippen molar-refractivity contribution < 1.29 is 14.3 Å². The number of carbonyl (C=O) groups excluding carboxylic acids is 2. The molecule has 0 aliphatic heterocycles. The molecule has 0 aliphatic carbocycles. The van der Waals surface area contributed by atoms with Crippen LogP contribution in [-0.2, 0) is 4.74 Å². The van der Waals surface area contributed by atoms with Crippen LogP contribution in [0.5, 0.6) is 0 Å². The Morgan fingerprint density at radius 3 is 2.36 bits per heavy atom. The molecule has 1 amide bonds. The molecule has 1 heterocycles. The lowest BCUT2D eigenvalue weighted by Gasteiger charge is -2.20. The number of halogens is 1. The third-order valence-electron chi connectivity index (χ3n) is 3.16. The summed E-state index contributed by atoms with van der Waals surface area (Å²) in [6.07, 6.45) is 1.47. The van der Waals surface area contributed by atoms with E-state index in [0.717, 1.165) is 0 Å². The molecule has 0 bridgehead atoms. The highest BCUT2D eigenvalue weighted by molar-refractivity contribution is 6.33. The van der Waals surface area contributed by atoms with E-state index in [9.17, 15) is 9.59 Å². The summed E-state index contributed by atoms with van der Waals surface area (Å²) in [5.41, 5.74) is 1.02. The van der Waals surface area contributed by atoms with E-state index in [1.165, 1.54) is 13.3 Å². The number of anilines is 2. The summed E-state index contributed by atoms with van der Waals surface area (Å²) >= 11 is 6.14. The first-order chi connectivity index (χ1) is 11.7. The SMILES string of the molecule is COC(=O)c1ccc(Cl)c(Nc2ccc(C(=O)NC(C)(C)C)cn2)c1. The van der Waals surface area contributed by atoms with Crippen LogP contribution in [0.2, 0.25) is 5.02 Å². The second-order valence-corrected chi connectivity index (χ2v) is 6.85. The number of amides is 1. The van der Waals surface area contributed by atoms with Gasteiger partial charge in [0.15, 0.2) is 0 Å². The molecule has 0 spiro atoms. The van der Waals surface area contributed by atoms with E-state index >= 15 is 0 Å². The number of methoxy groups -OCH3 is 1. The van der Waals surface area contributed by atoms with Crippen molar-refractivity contribution in [3.05, 3.63) is 52.7 Å². The van der Waals surface area contributed by atoms with Crippen molar-refractivity contribution in [2.45, 2.75) is 26.3 Å². The Morgan fingerprint density at radius 2 is 1.80 bits per heavy atom. The van der Waals surface area contributed by atoms with Gasteiger partial charge in [-0.05, 0) is 51.1 Å². The Labute approximate surface area is 151 Å². The molecule has 0 unspecified atom stereocenters. The molecule has 2 rings (SSSR count). The molecule has 2 N–H and O–H groups in total. The highest BCUT2D eigenvalue weighted by atomic mass is 35.5. The fourth-order valence-corrected chi connectivity index (χ4v) is 2.18. The van der Waals surface area contributed by atoms with Crippen molar-refractivity contribution in [3.8, 4) is 0 Å². The topological polar surface area (TPSA) is 80.3 Å². The van der Waals surface area contributed by atoms with Crippen LogP contribution < -0.4 is 10.6 Å². The van der Waals surface area contributed by atoms with E-state index in [2.05, 4.69) is 15.6 Å². The van der Waals surface area contributed by atoms with Crippen LogP contribution in [0, 0.1) is 0 Å². The number of aromatic nitrogens is 1. The summed E-state index contributed by atoms with van der Waals surface area (Å²) in [5.74, 6) is -0.157. The van der Waals surface area contributed by atoms with Gasteiger partial charge in [0.1, 0.15) is 5.82 Å². The van der Waals surface area contributed by atoms with Crippen molar-refractivity contribution in [3.63, 3.8) is 0 Å². The molecule has 0 radical (unpaired) electrons. The largest absolute Gasteiger partial charge is 0.465 e. The van der Waals surface area contributed by atoms with E-state index in [4.69, 9.17) is 16.3 Å². The van der Waals surface area contributed by atoms with Gasteiger partial charge >= 0.3 is 5.97 Å². The predicted molar refractivity (Wildman–Crippen MR) is 97.5 cm³/mol. The summed E-state index contributed by atoms with van der Waals surface area (Å²) in [4.78, 5) is 27.9. The number of hydrogen-bond acceptors (Lipinski definition) is 5. The number of rotatable bonds is 4. The van der Waals surface area contributed by atoms with Crippen molar-refractivity contribution in [2.24, 2.45) is 0 Å². The fourth-order valence-electron chi connectivity index (χ4n) is 2.02. The minimum absolute atomic E-state index is 0.197. The monoisotopic (exact) mass is 361 g/mol. The van der Waals surface area contributed by atoms with Crippen LogP contribution in [0.15, 0.2) is 36.5 Å². The zero-order valence-corrected chi connectivity index (χ0v) is 15.3. The van der Waals surface area contributed by atoms with E-state index in [0.29, 0.717) is 27.7 Å². The Hall–Kier alpha value is -2.60. The first-order valence-corrected chi connectivity index (χ1v) is 8.01. The fraction of sp³-hybridized carbons (Fsp3) is 0.278. The van der Waals surface area contributed by atoms with Crippen molar-refractivity contribution in [1.29, 1.82) is 0 Å². The highest BCUT2D eigenvalue weighted by Gasteiger charge is 2.15. The quantitative estimate of drug-likeness (QED) is 0.810. The predicted octanol–water partition coefficient (Wildman–Crippen LogP) is 3.79. The number of pyridine rings is 1. The van der Waals surface area contributed by atoms with E-state index < -0.39 is 5.97 Å². The zero-order valence-electron chi connectivity index (χ0n) is 14.5. The Bertz CT molecular complexity index is 783. The average molecular weight is 362 g/mol. The number of benzene rings is 1. The lowest BCUT2D eigenvalue weighted by Crippen LogP contribution is -2.40. The molecule has 0 aliphatic rings. The number of esters is 1. The summed E-state index contributed by atoms with van der Waals surface area (Å²) in [6, 6.07) is 8.08. The van der Waals surface area contributed by atoms with Gasteiger partial charge in [-0.25, -0.2) is 9.78 Å². The number of carbonyl (C=O) groups is 2. The molecule has 1 aromatic carbocycles. The Kier molecular flexibility index (Phi) is 5.64. The summed E-state index contributed by atoms with van der Waals surface area (Å²) in [5, 5.41) is 6.33. The molecule has 0 fully saturated rings. The Morgan fingerprint density at radius 1 is 1.12 bits per heavy atom.